The molecule has 1 N–H and O–H groups in total. The average molecular weight is 559 g/mol. The van der Waals surface area contributed by atoms with E-state index in [-0.39, 0.29) is 12.4 Å². The van der Waals surface area contributed by atoms with Gasteiger partial charge < -0.3 is 33.9 Å². The third kappa shape index (κ3) is 7.64. The first-order chi connectivity index (χ1) is 19.9. The van der Waals surface area contributed by atoms with Crippen LogP contribution < -0.4 is 29.0 Å². The van der Waals surface area contributed by atoms with Crippen LogP contribution in [-0.2, 0) is 11.4 Å². The van der Waals surface area contributed by atoms with E-state index < -0.39 is 5.97 Å². The fourth-order valence-electron chi connectivity index (χ4n) is 4.04. The predicted octanol–water partition coefficient (Wildman–Crippen LogP) is 5.39. The summed E-state index contributed by atoms with van der Waals surface area (Å²) < 4.78 is 28.9. The lowest BCUT2D eigenvalue weighted by atomic mass is 10.2. The molecule has 0 saturated heterocycles. The van der Waals surface area contributed by atoms with Crippen LogP contribution >= 0.6 is 0 Å². The Labute approximate surface area is 239 Å². The second-order valence-electron chi connectivity index (χ2n) is 9.27. The van der Waals surface area contributed by atoms with Gasteiger partial charge in [0.2, 0.25) is 0 Å². The van der Waals surface area contributed by atoms with Gasteiger partial charge in [-0.25, -0.2) is 14.8 Å². The lowest BCUT2D eigenvalue weighted by Gasteiger charge is -2.19. The first-order valence-corrected chi connectivity index (χ1v) is 13.0. The van der Waals surface area contributed by atoms with Crippen molar-refractivity contribution in [3.05, 3.63) is 79.1 Å². The summed E-state index contributed by atoms with van der Waals surface area (Å²) in [6, 6.07) is 16.6. The van der Waals surface area contributed by atoms with Crippen LogP contribution in [0.3, 0.4) is 0 Å². The van der Waals surface area contributed by atoms with Crippen LogP contribution in [0.15, 0.2) is 73.6 Å². The Balaban J connectivity index is 1.73. The summed E-state index contributed by atoms with van der Waals surface area (Å²) in [7, 11) is 7.14. The van der Waals surface area contributed by atoms with Gasteiger partial charge in [-0.3, -0.25) is 0 Å². The fourth-order valence-corrected chi connectivity index (χ4v) is 4.04. The molecule has 10 heteroatoms. The zero-order valence-electron chi connectivity index (χ0n) is 23.7. The largest absolute Gasteiger partial charge is 0.493 e. The van der Waals surface area contributed by atoms with Crippen molar-refractivity contribution in [3.63, 3.8) is 0 Å². The Kier molecular flexibility index (Phi) is 9.95. The lowest BCUT2D eigenvalue weighted by molar-refractivity contribution is -0.128. The highest BCUT2D eigenvalue weighted by Crippen LogP contribution is 2.43. The van der Waals surface area contributed by atoms with Crippen molar-refractivity contribution in [2.45, 2.75) is 13.0 Å². The van der Waals surface area contributed by atoms with Gasteiger partial charge in [-0.05, 0) is 32.1 Å². The Morgan fingerprint density at radius 2 is 1.76 bits per heavy atom. The highest BCUT2D eigenvalue weighted by Gasteiger charge is 2.19. The number of nitrogens with zero attached hydrogens (tertiary/aromatic N) is 3. The van der Waals surface area contributed by atoms with Gasteiger partial charge in [-0.15, -0.1) is 0 Å². The molecule has 214 valence electrons. The number of hydrogen-bond donors (Lipinski definition) is 1. The van der Waals surface area contributed by atoms with Gasteiger partial charge in [0.15, 0.2) is 23.0 Å². The molecule has 3 aromatic carbocycles. The van der Waals surface area contributed by atoms with Crippen molar-refractivity contribution in [1.29, 1.82) is 0 Å². The summed E-state index contributed by atoms with van der Waals surface area (Å²) >= 11 is 0. The molecule has 0 atom stereocenters. The minimum atomic E-state index is -0.605. The van der Waals surface area contributed by atoms with Crippen LogP contribution in [-0.4, -0.2) is 62.3 Å². The fraction of sp³-hybridized carbons (Fsp3) is 0.258. The average Bonchev–Trinajstić information content (AvgIpc) is 2.98. The van der Waals surface area contributed by atoms with Crippen LogP contribution in [0.25, 0.3) is 10.9 Å². The number of aromatic nitrogens is 2. The molecule has 0 aliphatic carbocycles. The Bertz CT molecular complexity index is 1490. The Morgan fingerprint density at radius 3 is 2.46 bits per heavy atom. The van der Waals surface area contributed by atoms with Crippen LogP contribution in [0, 0.1) is 0 Å². The van der Waals surface area contributed by atoms with Gasteiger partial charge in [-0.2, -0.15) is 0 Å². The van der Waals surface area contributed by atoms with Crippen LogP contribution in [0.2, 0.25) is 0 Å². The SMILES string of the molecule is C=CC(=O)Oc1cc(Nc2ncnc3cc(OC)c(OCCCN(C)C)cc23)c(OCc2ccccc2)c(OC)c1. The molecule has 10 nitrogen and oxygen atoms in total. The minimum absolute atomic E-state index is 0.242. The van der Waals surface area contributed by atoms with Gasteiger partial charge >= 0.3 is 5.97 Å². The third-order valence-corrected chi connectivity index (χ3v) is 6.04. The number of rotatable bonds is 14. The Hall–Kier alpha value is -4.83. The quantitative estimate of drug-likeness (QED) is 0.0937. The molecule has 0 unspecified atom stereocenters. The van der Waals surface area contributed by atoms with Gasteiger partial charge in [0.05, 0.1) is 32.0 Å². The molecular formula is C31H34N4O6. The summed E-state index contributed by atoms with van der Waals surface area (Å²) in [5, 5.41) is 4.02. The third-order valence-electron chi connectivity index (χ3n) is 6.04. The van der Waals surface area contributed by atoms with Gasteiger partial charge in [0.25, 0.3) is 0 Å². The maximum atomic E-state index is 12.0. The molecule has 1 heterocycles. The standard InChI is InChI=1S/C31H34N4O6/c1-6-29(36)41-22-15-25(30(28(16-22)38-5)40-19-21-11-8-7-9-12-21)34-31-23-17-27(39-14-10-13-35(2)3)26(37-4)18-24(23)32-20-33-31/h6-9,11-12,15-18,20H,1,10,13-14,19H2,2-5H3,(H,32,33,34). The van der Waals surface area contributed by atoms with E-state index in [4.69, 9.17) is 23.7 Å². The molecule has 0 amide bonds. The number of benzene rings is 3. The zero-order chi connectivity index (χ0) is 29.2. The zero-order valence-corrected chi connectivity index (χ0v) is 23.7. The summed E-state index contributed by atoms with van der Waals surface area (Å²) in [6.07, 6.45) is 3.39. The number of fused-ring (bicyclic) bond motifs is 1. The lowest BCUT2D eigenvalue weighted by Crippen LogP contribution is -2.15. The van der Waals surface area contributed by atoms with E-state index in [9.17, 15) is 4.79 Å². The smallest absolute Gasteiger partial charge is 0.335 e. The van der Waals surface area contributed by atoms with Gasteiger partial charge in [0, 0.05) is 36.2 Å². The number of carbonyl (C=O) groups excluding carboxylic acids is 1. The van der Waals surface area contributed by atoms with E-state index in [1.54, 1.807) is 25.3 Å². The summed E-state index contributed by atoms with van der Waals surface area (Å²) in [4.78, 5) is 23.0. The monoisotopic (exact) mass is 558 g/mol. The van der Waals surface area contributed by atoms with Crippen molar-refractivity contribution in [3.8, 4) is 28.7 Å². The van der Waals surface area contributed by atoms with E-state index in [1.165, 1.54) is 13.4 Å². The minimum Gasteiger partial charge on any atom is -0.493 e. The van der Waals surface area contributed by atoms with Crippen molar-refractivity contribution in [1.82, 2.24) is 14.9 Å². The molecule has 0 aliphatic rings. The van der Waals surface area contributed by atoms with Crippen LogP contribution in [0.4, 0.5) is 11.5 Å². The summed E-state index contributed by atoms with van der Waals surface area (Å²) in [5.41, 5.74) is 2.09. The maximum absolute atomic E-state index is 12.0. The molecule has 0 radical (unpaired) electrons. The normalized spacial score (nSPS) is 10.8. The van der Waals surface area contributed by atoms with Gasteiger partial charge in [0.1, 0.15) is 24.5 Å². The van der Waals surface area contributed by atoms with Crippen LogP contribution in [0.5, 0.6) is 28.7 Å². The Morgan fingerprint density at radius 1 is 0.976 bits per heavy atom. The summed E-state index contributed by atoms with van der Waals surface area (Å²) in [5.74, 6) is 2.03. The number of carbonyl (C=O) groups is 1. The van der Waals surface area contributed by atoms with Gasteiger partial charge in [-0.1, -0.05) is 36.9 Å². The van der Waals surface area contributed by atoms with Crippen molar-refractivity contribution >= 4 is 28.4 Å². The highest BCUT2D eigenvalue weighted by atomic mass is 16.5. The van der Waals surface area contributed by atoms with E-state index >= 15 is 0 Å². The summed E-state index contributed by atoms with van der Waals surface area (Å²) in [6.45, 7) is 5.17. The number of anilines is 2. The second-order valence-corrected chi connectivity index (χ2v) is 9.27. The highest BCUT2D eigenvalue weighted by molar-refractivity contribution is 5.94. The van der Waals surface area contributed by atoms with Crippen molar-refractivity contribution in [2.24, 2.45) is 0 Å². The first kappa shape index (κ1) is 29.2. The molecule has 1 aromatic heterocycles. The molecule has 0 aliphatic heterocycles. The first-order valence-electron chi connectivity index (χ1n) is 13.0. The molecular weight excluding hydrogens is 524 g/mol. The van der Waals surface area contributed by atoms with Crippen molar-refractivity contribution < 1.29 is 28.5 Å². The van der Waals surface area contributed by atoms with E-state index in [1.807, 2.05) is 50.5 Å². The number of ether oxygens (including phenoxy) is 5. The molecule has 0 bridgehead atoms. The number of nitrogens with one attached hydrogen (secondary N) is 1. The molecule has 0 fully saturated rings. The number of esters is 1. The second kappa shape index (κ2) is 14.0. The van der Waals surface area contributed by atoms with E-state index in [0.717, 1.165) is 24.6 Å². The van der Waals surface area contributed by atoms with Crippen molar-refractivity contribution in [2.75, 3.05) is 46.8 Å². The van der Waals surface area contributed by atoms with E-state index in [2.05, 4.69) is 26.8 Å². The maximum Gasteiger partial charge on any atom is 0.335 e. The molecule has 41 heavy (non-hydrogen) atoms. The van der Waals surface area contributed by atoms with Crippen LogP contribution in [0.1, 0.15) is 12.0 Å². The molecule has 4 aromatic rings. The molecule has 0 saturated carbocycles. The predicted molar refractivity (Wildman–Crippen MR) is 158 cm³/mol. The number of hydrogen-bond acceptors (Lipinski definition) is 10. The molecule has 0 spiro atoms. The number of methoxy groups -OCH3 is 2. The van der Waals surface area contributed by atoms with E-state index in [0.29, 0.717) is 52.0 Å². The molecule has 4 rings (SSSR count). The topological polar surface area (TPSA) is 104 Å².